The Labute approximate surface area is 179 Å². The van der Waals surface area contributed by atoms with Crippen LogP contribution < -0.4 is 0 Å². The lowest BCUT2D eigenvalue weighted by Gasteiger charge is -2.39. The number of rotatable bonds is 8. The van der Waals surface area contributed by atoms with Gasteiger partial charge in [-0.3, -0.25) is 4.79 Å². The van der Waals surface area contributed by atoms with E-state index in [2.05, 4.69) is 69.1 Å². The Bertz CT molecular complexity index is 889. The minimum atomic E-state index is -0.337. The first-order chi connectivity index (χ1) is 13.9. The standard InChI is InChI=1S/C26H33NOS/c1-6-8-9-19-10-12-20(13-11-19)26(5)17-22(18(3)4)21(25-27-14-15-29-25)16-23(26)24(28)7-2/h10-18,23H,6-9H2,1-5H3. The Kier molecular flexibility index (Phi) is 6.89. The number of nitrogens with zero attached hydrogens (tertiary/aromatic N) is 1. The Hall–Kier alpha value is -2.00. The molecule has 3 heteroatoms. The molecule has 1 aromatic carbocycles. The van der Waals surface area contributed by atoms with Crippen LogP contribution in [0.1, 0.15) is 70.0 Å². The van der Waals surface area contributed by atoms with Crippen molar-refractivity contribution in [2.45, 2.75) is 65.7 Å². The van der Waals surface area contributed by atoms with Crippen LogP contribution in [0.5, 0.6) is 0 Å². The molecule has 0 saturated carbocycles. The third-order valence-corrected chi connectivity index (χ3v) is 6.93. The molecule has 3 rings (SSSR count). The summed E-state index contributed by atoms with van der Waals surface area (Å²) in [4.78, 5) is 17.6. The van der Waals surface area contributed by atoms with Gasteiger partial charge in [-0.25, -0.2) is 4.98 Å². The molecule has 154 valence electrons. The molecule has 0 N–H and O–H groups in total. The van der Waals surface area contributed by atoms with Crippen LogP contribution in [0.4, 0.5) is 0 Å². The van der Waals surface area contributed by atoms with Gasteiger partial charge in [0.15, 0.2) is 0 Å². The highest BCUT2D eigenvalue weighted by Crippen LogP contribution is 2.46. The van der Waals surface area contributed by atoms with Gasteiger partial charge in [-0.2, -0.15) is 0 Å². The van der Waals surface area contributed by atoms with Gasteiger partial charge in [-0.15, -0.1) is 11.3 Å². The highest BCUT2D eigenvalue weighted by molar-refractivity contribution is 7.10. The number of aryl methyl sites for hydroxylation is 1. The predicted molar refractivity (Wildman–Crippen MR) is 124 cm³/mol. The molecule has 2 unspecified atom stereocenters. The van der Waals surface area contributed by atoms with Crippen molar-refractivity contribution in [3.05, 3.63) is 69.7 Å². The molecule has 0 fully saturated rings. The number of benzene rings is 1. The summed E-state index contributed by atoms with van der Waals surface area (Å²) in [6.07, 6.45) is 10.5. The predicted octanol–water partition coefficient (Wildman–Crippen LogP) is 7.02. The highest BCUT2D eigenvalue weighted by Gasteiger charge is 2.41. The van der Waals surface area contributed by atoms with E-state index in [1.54, 1.807) is 11.3 Å². The van der Waals surface area contributed by atoms with Crippen molar-refractivity contribution in [1.29, 1.82) is 0 Å². The second-order valence-electron chi connectivity index (χ2n) is 8.55. The number of carbonyl (C=O) groups is 1. The van der Waals surface area contributed by atoms with Crippen LogP contribution in [0.15, 0.2) is 53.6 Å². The SMILES string of the molecule is CCCCc1ccc(C2(C)C=C(C(C)C)C(c3nccs3)=CC2C(=O)CC)cc1. The van der Waals surface area contributed by atoms with E-state index in [1.807, 2.05) is 18.5 Å². The molecule has 0 amide bonds. The van der Waals surface area contributed by atoms with Gasteiger partial charge in [0, 0.05) is 34.9 Å². The zero-order chi connectivity index (χ0) is 21.0. The maximum Gasteiger partial charge on any atom is 0.140 e. The average Bonchev–Trinajstić information content (AvgIpc) is 3.26. The summed E-state index contributed by atoms with van der Waals surface area (Å²) in [7, 11) is 0. The second-order valence-corrected chi connectivity index (χ2v) is 9.45. The van der Waals surface area contributed by atoms with Gasteiger partial charge in [0.25, 0.3) is 0 Å². The van der Waals surface area contributed by atoms with Crippen LogP contribution in [0, 0.1) is 11.8 Å². The molecule has 0 saturated heterocycles. The lowest BCUT2D eigenvalue weighted by Crippen LogP contribution is -2.37. The topological polar surface area (TPSA) is 30.0 Å². The summed E-state index contributed by atoms with van der Waals surface area (Å²) in [5.41, 5.74) is 4.69. The van der Waals surface area contributed by atoms with Crippen molar-refractivity contribution < 1.29 is 4.79 Å². The monoisotopic (exact) mass is 407 g/mol. The van der Waals surface area contributed by atoms with Crippen LogP contribution >= 0.6 is 11.3 Å². The number of allylic oxidation sites excluding steroid dienone is 4. The molecule has 1 aromatic heterocycles. The number of ketones is 1. The third kappa shape index (κ3) is 4.45. The molecule has 2 atom stereocenters. The first-order valence-corrected chi connectivity index (χ1v) is 11.8. The van der Waals surface area contributed by atoms with Crippen molar-refractivity contribution in [3.8, 4) is 0 Å². The number of unbranched alkanes of at least 4 members (excludes halogenated alkanes) is 1. The van der Waals surface area contributed by atoms with Gasteiger partial charge in [0.1, 0.15) is 10.8 Å². The van der Waals surface area contributed by atoms with Crippen LogP contribution in [0.25, 0.3) is 5.57 Å². The van der Waals surface area contributed by atoms with E-state index in [4.69, 9.17) is 0 Å². The second kappa shape index (κ2) is 9.21. The van der Waals surface area contributed by atoms with Crippen LogP contribution in [-0.4, -0.2) is 10.8 Å². The fourth-order valence-electron chi connectivity index (χ4n) is 4.28. The smallest absolute Gasteiger partial charge is 0.140 e. The normalized spacial score (nSPS) is 21.8. The van der Waals surface area contributed by atoms with Crippen LogP contribution in [0.3, 0.4) is 0 Å². The quantitative estimate of drug-likeness (QED) is 0.471. The molecule has 0 aliphatic heterocycles. The summed E-state index contributed by atoms with van der Waals surface area (Å²) >= 11 is 1.65. The van der Waals surface area contributed by atoms with Gasteiger partial charge in [-0.05, 0) is 35.5 Å². The van der Waals surface area contributed by atoms with Crippen LogP contribution in [-0.2, 0) is 16.6 Å². The van der Waals surface area contributed by atoms with E-state index in [9.17, 15) is 4.79 Å². The van der Waals surface area contributed by atoms with Crippen molar-refractivity contribution in [2.75, 3.05) is 0 Å². The Balaban J connectivity index is 2.08. The zero-order valence-electron chi connectivity index (χ0n) is 18.4. The molecular formula is C26H33NOS. The van der Waals surface area contributed by atoms with E-state index >= 15 is 0 Å². The van der Waals surface area contributed by atoms with Crippen molar-refractivity contribution in [3.63, 3.8) is 0 Å². The summed E-state index contributed by atoms with van der Waals surface area (Å²) in [6.45, 7) is 10.9. The largest absolute Gasteiger partial charge is 0.299 e. The van der Waals surface area contributed by atoms with Gasteiger partial charge < -0.3 is 0 Å². The maximum absolute atomic E-state index is 13.1. The molecule has 2 nitrogen and oxygen atoms in total. The number of thiazole rings is 1. The van der Waals surface area contributed by atoms with Crippen molar-refractivity contribution in [1.82, 2.24) is 4.98 Å². The molecule has 2 aromatic rings. The first-order valence-electron chi connectivity index (χ1n) is 10.9. The minimum Gasteiger partial charge on any atom is -0.299 e. The average molecular weight is 408 g/mol. The molecule has 29 heavy (non-hydrogen) atoms. The van der Waals surface area contributed by atoms with Gasteiger partial charge in [0.05, 0.1) is 0 Å². The number of hydrogen-bond acceptors (Lipinski definition) is 3. The molecule has 1 aliphatic carbocycles. The minimum absolute atomic E-state index is 0.171. The summed E-state index contributed by atoms with van der Waals surface area (Å²) in [5, 5.41) is 3.02. The number of Topliss-reactive ketones (excluding diaryl/α,β-unsaturated/α-hetero) is 1. The van der Waals surface area contributed by atoms with Gasteiger partial charge >= 0.3 is 0 Å². The molecule has 0 spiro atoms. The Morgan fingerprint density at radius 3 is 2.48 bits per heavy atom. The third-order valence-electron chi connectivity index (χ3n) is 6.12. The fraction of sp³-hybridized carbons (Fsp3) is 0.462. The van der Waals surface area contributed by atoms with Crippen LogP contribution in [0.2, 0.25) is 0 Å². The van der Waals surface area contributed by atoms with E-state index < -0.39 is 0 Å². The summed E-state index contributed by atoms with van der Waals surface area (Å²) in [5.74, 6) is 0.483. The van der Waals surface area contributed by atoms with Crippen molar-refractivity contribution >= 4 is 22.7 Å². The zero-order valence-corrected chi connectivity index (χ0v) is 19.2. The lowest BCUT2D eigenvalue weighted by molar-refractivity contribution is -0.122. The highest BCUT2D eigenvalue weighted by atomic mass is 32.1. The maximum atomic E-state index is 13.1. The molecular weight excluding hydrogens is 374 g/mol. The Morgan fingerprint density at radius 2 is 1.93 bits per heavy atom. The van der Waals surface area contributed by atoms with E-state index in [0.717, 1.165) is 17.0 Å². The molecule has 1 heterocycles. The first kappa shape index (κ1) is 21.7. The van der Waals surface area contributed by atoms with E-state index in [0.29, 0.717) is 12.3 Å². The number of hydrogen-bond donors (Lipinski definition) is 0. The van der Waals surface area contributed by atoms with E-state index in [-0.39, 0.29) is 17.1 Å². The molecule has 0 bridgehead atoms. The molecule has 0 radical (unpaired) electrons. The molecule has 1 aliphatic rings. The fourth-order valence-corrected chi connectivity index (χ4v) is 4.96. The van der Waals surface area contributed by atoms with Crippen molar-refractivity contribution in [2.24, 2.45) is 11.8 Å². The summed E-state index contributed by atoms with van der Waals surface area (Å²) in [6, 6.07) is 8.95. The summed E-state index contributed by atoms with van der Waals surface area (Å²) < 4.78 is 0. The lowest BCUT2D eigenvalue weighted by atomic mass is 9.64. The van der Waals surface area contributed by atoms with Gasteiger partial charge in [-0.1, -0.05) is 77.5 Å². The number of carbonyl (C=O) groups excluding carboxylic acids is 1. The number of aromatic nitrogens is 1. The van der Waals surface area contributed by atoms with E-state index in [1.165, 1.54) is 29.5 Å². The Morgan fingerprint density at radius 1 is 1.21 bits per heavy atom. The van der Waals surface area contributed by atoms with Gasteiger partial charge in [0.2, 0.25) is 0 Å².